The molecule has 3 aromatic rings. The Morgan fingerprint density at radius 3 is 2.54 bits per heavy atom. The Hall–Kier alpha value is -2.64. The van der Waals surface area contributed by atoms with Crippen LogP contribution in [0.2, 0.25) is 5.02 Å². The second kappa shape index (κ2) is 8.16. The lowest BCUT2D eigenvalue weighted by Gasteiger charge is -2.07. The summed E-state index contributed by atoms with van der Waals surface area (Å²) in [6, 6.07) is 13.9. The largest absolute Gasteiger partial charge is 0.385 e. The lowest BCUT2D eigenvalue weighted by molar-refractivity contribution is -0.384. The SMILES string of the molecule is O=C(NCCCNc1ccc([N+](=O)[O-])cc1)c1sc2ccccc2c1Cl. The number of rotatable bonds is 7. The van der Waals surface area contributed by atoms with Crippen LogP contribution in [0.25, 0.3) is 10.1 Å². The highest BCUT2D eigenvalue weighted by molar-refractivity contribution is 7.21. The Morgan fingerprint density at radius 2 is 1.85 bits per heavy atom. The summed E-state index contributed by atoms with van der Waals surface area (Å²) in [6.45, 7) is 1.14. The van der Waals surface area contributed by atoms with Crippen molar-refractivity contribution >= 4 is 50.3 Å². The average molecular weight is 390 g/mol. The highest BCUT2D eigenvalue weighted by atomic mass is 35.5. The van der Waals surface area contributed by atoms with E-state index in [9.17, 15) is 14.9 Å². The molecule has 0 saturated carbocycles. The maximum atomic E-state index is 12.3. The number of halogens is 1. The molecule has 0 atom stereocenters. The van der Waals surface area contributed by atoms with Crippen LogP contribution >= 0.6 is 22.9 Å². The zero-order chi connectivity index (χ0) is 18.5. The van der Waals surface area contributed by atoms with Gasteiger partial charge in [-0.15, -0.1) is 11.3 Å². The number of nitrogens with one attached hydrogen (secondary N) is 2. The van der Waals surface area contributed by atoms with Gasteiger partial charge in [0.05, 0.1) is 9.95 Å². The van der Waals surface area contributed by atoms with Crippen molar-refractivity contribution in [2.45, 2.75) is 6.42 Å². The molecule has 8 heteroatoms. The molecule has 0 unspecified atom stereocenters. The standard InChI is InChI=1S/C18H16ClN3O3S/c19-16-14-4-1-2-5-15(14)26-17(16)18(23)21-11-3-10-20-12-6-8-13(9-7-12)22(24)25/h1-2,4-9,20H,3,10-11H2,(H,21,23). The molecule has 0 bridgehead atoms. The minimum Gasteiger partial charge on any atom is -0.385 e. The molecule has 0 spiro atoms. The minimum atomic E-state index is -0.432. The van der Waals surface area contributed by atoms with Gasteiger partial charge in [-0.2, -0.15) is 0 Å². The number of nitro benzene ring substituents is 1. The van der Waals surface area contributed by atoms with E-state index in [1.54, 1.807) is 12.1 Å². The van der Waals surface area contributed by atoms with Gasteiger partial charge in [-0.1, -0.05) is 29.8 Å². The predicted molar refractivity (Wildman–Crippen MR) is 105 cm³/mol. The topological polar surface area (TPSA) is 84.3 Å². The highest BCUT2D eigenvalue weighted by Gasteiger charge is 2.16. The molecule has 3 rings (SSSR count). The summed E-state index contributed by atoms with van der Waals surface area (Å²) < 4.78 is 0.988. The summed E-state index contributed by atoms with van der Waals surface area (Å²) >= 11 is 7.68. The summed E-state index contributed by atoms with van der Waals surface area (Å²) in [4.78, 5) is 23.0. The number of anilines is 1. The van der Waals surface area contributed by atoms with E-state index < -0.39 is 4.92 Å². The molecule has 6 nitrogen and oxygen atoms in total. The van der Waals surface area contributed by atoms with Crippen LogP contribution in [0.4, 0.5) is 11.4 Å². The van der Waals surface area contributed by atoms with Gasteiger partial charge in [-0.25, -0.2) is 0 Å². The Balaban J connectivity index is 1.46. The van der Waals surface area contributed by atoms with Crippen LogP contribution in [0, 0.1) is 10.1 Å². The Kier molecular flexibility index (Phi) is 5.70. The fourth-order valence-electron chi connectivity index (χ4n) is 2.46. The van der Waals surface area contributed by atoms with E-state index in [1.807, 2.05) is 24.3 Å². The first-order valence-corrected chi connectivity index (χ1v) is 9.19. The zero-order valence-corrected chi connectivity index (χ0v) is 15.3. The third-order valence-corrected chi connectivity index (χ3v) is 5.46. The number of carbonyl (C=O) groups is 1. The number of hydrogen-bond donors (Lipinski definition) is 2. The number of thiophene rings is 1. The molecule has 0 aliphatic rings. The van der Waals surface area contributed by atoms with Crippen LogP contribution in [0.3, 0.4) is 0 Å². The van der Waals surface area contributed by atoms with Gasteiger partial charge in [0, 0.05) is 41.0 Å². The molecule has 1 heterocycles. The first-order chi connectivity index (χ1) is 12.6. The van der Waals surface area contributed by atoms with E-state index in [0.29, 0.717) is 29.4 Å². The van der Waals surface area contributed by atoms with Crippen molar-refractivity contribution in [2.24, 2.45) is 0 Å². The Morgan fingerprint density at radius 1 is 1.12 bits per heavy atom. The van der Waals surface area contributed by atoms with Crippen molar-refractivity contribution in [3.8, 4) is 0 Å². The van der Waals surface area contributed by atoms with Crippen LogP contribution in [-0.2, 0) is 0 Å². The quantitative estimate of drug-likeness (QED) is 0.348. The molecule has 26 heavy (non-hydrogen) atoms. The fourth-order valence-corrected chi connectivity index (χ4v) is 3.90. The number of benzene rings is 2. The van der Waals surface area contributed by atoms with Gasteiger partial charge in [0.1, 0.15) is 4.88 Å². The van der Waals surface area contributed by atoms with Gasteiger partial charge >= 0.3 is 0 Å². The lowest BCUT2D eigenvalue weighted by atomic mass is 10.2. The number of hydrogen-bond acceptors (Lipinski definition) is 5. The maximum absolute atomic E-state index is 12.3. The number of nitrogens with zero attached hydrogens (tertiary/aromatic N) is 1. The van der Waals surface area contributed by atoms with Gasteiger partial charge < -0.3 is 10.6 Å². The fraction of sp³-hybridized carbons (Fsp3) is 0.167. The zero-order valence-electron chi connectivity index (χ0n) is 13.7. The summed E-state index contributed by atoms with van der Waals surface area (Å²) in [7, 11) is 0. The van der Waals surface area contributed by atoms with Gasteiger partial charge in [0.2, 0.25) is 0 Å². The predicted octanol–water partition coefficient (Wildman–Crippen LogP) is 4.69. The van der Waals surface area contributed by atoms with Crippen molar-refractivity contribution in [3.05, 3.63) is 68.5 Å². The van der Waals surface area contributed by atoms with Crippen molar-refractivity contribution in [3.63, 3.8) is 0 Å². The molecule has 0 aliphatic heterocycles. The van der Waals surface area contributed by atoms with Gasteiger partial charge in [-0.3, -0.25) is 14.9 Å². The van der Waals surface area contributed by atoms with Gasteiger partial charge in [-0.05, 0) is 24.6 Å². The van der Waals surface area contributed by atoms with Crippen molar-refractivity contribution in [2.75, 3.05) is 18.4 Å². The molecular formula is C18H16ClN3O3S. The van der Waals surface area contributed by atoms with Crippen LogP contribution in [0.1, 0.15) is 16.1 Å². The normalized spacial score (nSPS) is 10.7. The Labute approximate surface area is 158 Å². The second-order valence-electron chi connectivity index (χ2n) is 5.58. The van der Waals surface area contributed by atoms with Crippen LogP contribution in [0.5, 0.6) is 0 Å². The van der Waals surface area contributed by atoms with Gasteiger partial charge in [0.15, 0.2) is 0 Å². The monoisotopic (exact) mass is 389 g/mol. The van der Waals surface area contributed by atoms with E-state index in [-0.39, 0.29) is 11.6 Å². The first-order valence-electron chi connectivity index (χ1n) is 8.00. The first kappa shape index (κ1) is 18.2. The van der Waals surface area contributed by atoms with Crippen LogP contribution in [0.15, 0.2) is 48.5 Å². The molecule has 1 aromatic heterocycles. The minimum absolute atomic E-state index is 0.0584. The van der Waals surface area contributed by atoms with E-state index in [4.69, 9.17) is 11.6 Å². The molecule has 0 aliphatic carbocycles. The molecule has 1 amide bonds. The van der Waals surface area contributed by atoms with Crippen molar-refractivity contribution < 1.29 is 9.72 Å². The van der Waals surface area contributed by atoms with Gasteiger partial charge in [0.25, 0.3) is 11.6 Å². The summed E-state index contributed by atoms with van der Waals surface area (Å²) in [5.41, 5.74) is 0.859. The summed E-state index contributed by atoms with van der Waals surface area (Å²) in [5, 5.41) is 18.0. The van der Waals surface area contributed by atoms with E-state index in [2.05, 4.69) is 10.6 Å². The van der Waals surface area contributed by atoms with E-state index >= 15 is 0 Å². The third-order valence-electron chi connectivity index (χ3n) is 3.79. The number of non-ortho nitro benzene ring substituents is 1. The third kappa shape index (κ3) is 4.12. The molecule has 0 saturated heterocycles. The summed E-state index contributed by atoms with van der Waals surface area (Å²) in [5.74, 6) is -0.175. The number of fused-ring (bicyclic) bond motifs is 1. The van der Waals surface area contributed by atoms with E-state index in [0.717, 1.165) is 15.8 Å². The molecule has 2 aromatic carbocycles. The molecule has 134 valence electrons. The second-order valence-corrected chi connectivity index (χ2v) is 7.01. The lowest BCUT2D eigenvalue weighted by Crippen LogP contribution is -2.25. The van der Waals surface area contributed by atoms with Crippen molar-refractivity contribution in [1.82, 2.24) is 5.32 Å². The Bertz CT molecular complexity index is 941. The van der Waals surface area contributed by atoms with Crippen LogP contribution in [-0.4, -0.2) is 23.9 Å². The van der Waals surface area contributed by atoms with Crippen LogP contribution < -0.4 is 10.6 Å². The highest BCUT2D eigenvalue weighted by Crippen LogP contribution is 2.34. The molecule has 0 fully saturated rings. The number of amides is 1. The number of nitro groups is 1. The van der Waals surface area contributed by atoms with Crippen molar-refractivity contribution in [1.29, 1.82) is 0 Å². The number of carbonyl (C=O) groups excluding carboxylic acids is 1. The molecule has 2 N–H and O–H groups in total. The average Bonchev–Trinajstić information content (AvgIpc) is 2.99. The summed E-state index contributed by atoms with van der Waals surface area (Å²) in [6.07, 6.45) is 0.714. The molecule has 0 radical (unpaired) electrons. The van der Waals surface area contributed by atoms with E-state index in [1.165, 1.54) is 23.5 Å². The molecular weight excluding hydrogens is 374 g/mol. The smallest absolute Gasteiger partial charge is 0.269 e. The maximum Gasteiger partial charge on any atom is 0.269 e.